The third-order valence-electron chi connectivity index (χ3n) is 2.80. The summed E-state index contributed by atoms with van der Waals surface area (Å²) in [5.74, 6) is 0.819. The van der Waals surface area contributed by atoms with Crippen molar-refractivity contribution in [2.75, 3.05) is 12.3 Å². The van der Waals surface area contributed by atoms with Crippen LogP contribution in [0.15, 0.2) is 22.7 Å². The average molecular weight is 283 g/mol. The van der Waals surface area contributed by atoms with E-state index in [-0.39, 0.29) is 5.91 Å². The number of nitrogen functional groups attached to an aromatic ring is 1. The molecule has 1 saturated carbocycles. The zero-order valence-corrected chi connectivity index (χ0v) is 10.6. The van der Waals surface area contributed by atoms with E-state index in [1.54, 1.807) is 18.2 Å². The summed E-state index contributed by atoms with van der Waals surface area (Å²) in [7, 11) is 0. The molecule has 0 unspecified atom stereocenters. The first-order valence-electron chi connectivity index (χ1n) is 5.50. The molecule has 0 aliphatic heterocycles. The number of rotatable bonds is 4. The van der Waals surface area contributed by atoms with Crippen LogP contribution in [0.2, 0.25) is 0 Å². The minimum atomic E-state index is -0.0265. The molecule has 0 heterocycles. The minimum absolute atomic E-state index is 0.0265. The number of hydrogen-bond acceptors (Lipinski definition) is 2. The first-order chi connectivity index (χ1) is 7.66. The van der Waals surface area contributed by atoms with Crippen molar-refractivity contribution in [3.8, 4) is 0 Å². The lowest BCUT2D eigenvalue weighted by Crippen LogP contribution is -2.24. The van der Waals surface area contributed by atoms with Crippen LogP contribution >= 0.6 is 15.9 Å². The maximum absolute atomic E-state index is 11.7. The van der Waals surface area contributed by atoms with E-state index < -0.39 is 0 Å². The van der Waals surface area contributed by atoms with Crippen LogP contribution in [0.1, 0.15) is 29.6 Å². The van der Waals surface area contributed by atoms with Gasteiger partial charge >= 0.3 is 0 Å². The fourth-order valence-corrected chi connectivity index (χ4v) is 1.95. The summed E-state index contributed by atoms with van der Waals surface area (Å²) in [6.07, 6.45) is 3.74. The number of halogens is 1. The van der Waals surface area contributed by atoms with Crippen LogP contribution in [0.3, 0.4) is 0 Å². The van der Waals surface area contributed by atoms with Gasteiger partial charge in [0.25, 0.3) is 5.91 Å². The number of hydrogen-bond donors (Lipinski definition) is 2. The van der Waals surface area contributed by atoms with Crippen LogP contribution in [0.4, 0.5) is 5.69 Å². The Labute approximate surface area is 104 Å². The molecule has 1 aliphatic rings. The molecule has 3 nitrogen and oxygen atoms in total. The van der Waals surface area contributed by atoms with Crippen LogP contribution in [0, 0.1) is 5.92 Å². The predicted molar refractivity (Wildman–Crippen MR) is 68.2 cm³/mol. The molecule has 1 aromatic carbocycles. The van der Waals surface area contributed by atoms with Crippen LogP contribution in [-0.2, 0) is 0 Å². The lowest BCUT2D eigenvalue weighted by molar-refractivity contribution is 0.0952. The highest BCUT2D eigenvalue weighted by molar-refractivity contribution is 9.10. The summed E-state index contributed by atoms with van der Waals surface area (Å²) < 4.78 is 0.766. The molecule has 0 aromatic heterocycles. The number of nitrogens with one attached hydrogen (secondary N) is 1. The van der Waals surface area contributed by atoms with Gasteiger partial charge in [0, 0.05) is 22.3 Å². The average Bonchev–Trinajstić information content (AvgIpc) is 3.06. The third-order valence-corrected chi connectivity index (χ3v) is 3.48. The van der Waals surface area contributed by atoms with Crippen molar-refractivity contribution >= 4 is 27.5 Å². The highest BCUT2D eigenvalue weighted by atomic mass is 79.9. The van der Waals surface area contributed by atoms with Crippen molar-refractivity contribution in [2.45, 2.75) is 19.3 Å². The molecule has 1 fully saturated rings. The lowest BCUT2D eigenvalue weighted by Gasteiger charge is -2.06. The van der Waals surface area contributed by atoms with Crippen molar-refractivity contribution in [3.05, 3.63) is 28.2 Å². The zero-order valence-electron chi connectivity index (χ0n) is 9.00. The standard InChI is InChI=1S/C12H15BrN2O/c13-10-7-9(3-4-11(10)14)12(16)15-6-5-8-1-2-8/h3-4,7-8H,1-2,5-6,14H2,(H,15,16). The van der Waals surface area contributed by atoms with E-state index in [1.807, 2.05) is 0 Å². The maximum Gasteiger partial charge on any atom is 0.251 e. The number of amides is 1. The fourth-order valence-electron chi connectivity index (χ4n) is 1.57. The molecule has 0 radical (unpaired) electrons. The van der Waals surface area contributed by atoms with E-state index >= 15 is 0 Å². The Kier molecular flexibility index (Phi) is 3.49. The monoisotopic (exact) mass is 282 g/mol. The Hall–Kier alpha value is -1.03. The largest absolute Gasteiger partial charge is 0.398 e. The van der Waals surface area contributed by atoms with Gasteiger partial charge in [-0.25, -0.2) is 0 Å². The first kappa shape index (κ1) is 11.5. The van der Waals surface area contributed by atoms with Crippen LogP contribution in [-0.4, -0.2) is 12.5 Å². The van der Waals surface area contributed by atoms with E-state index in [4.69, 9.17) is 5.73 Å². The smallest absolute Gasteiger partial charge is 0.251 e. The number of carbonyl (C=O) groups is 1. The number of benzene rings is 1. The van der Waals surface area contributed by atoms with Gasteiger partial charge in [0.15, 0.2) is 0 Å². The summed E-state index contributed by atoms with van der Waals surface area (Å²) in [4.78, 5) is 11.7. The van der Waals surface area contributed by atoms with Crippen molar-refractivity contribution in [1.82, 2.24) is 5.32 Å². The van der Waals surface area contributed by atoms with Gasteiger partial charge < -0.3 is 11.1 Å². The molecule has 4 heteroatoms. The molecular formula is C12H15BrN2O. The fraction of sp³-hybridized carbons (Fsp3) is 0.417. The summed E-state index contributed by atoms with van der Waals surface area (Å²) in [6, 6.07) is 5.23. The predicted octanol–water partition coefficient (Wildman–Crippen LogP) is 2.56. The maximum atomic E-state index is 11.7. The third kappa shape index (κ3) is 2.98. The summed E-state index contributed by atoms with van der Waals surface area (Å²) >= 11 is 3.31. The molecule has 86 valence electrons. The molecule has 16 heavy (non-hydrogen) atoms. The number of carbonyl (C=O) groups excluding carboxylic acids is 1. The Morgan fingerprint density at radius 1 is 1.50 bits per heavy atom. The van der Waals surface area contributed by atoms with Crippen LogP contribution in [0.25, 0.3) is 0 Å². The molecule has 3 N–H and O–H groups in total. The minimum Gasteiger partial charge on any atom is -0.398 e. The Balaban J connectivity index is 1.88. The second-order valence-corrected chi connectivity index (χ2v) is 5.08. The molecule has 2 rings (SSSR count). The second kappa shape index (κ2) is 4.87. The molecule has 0 bridgehead atoms. The quantitative estimate of drug-likeness (QED) is 0.834. The van der Waals surface area contributed by atoms with E-state index in [0.29, 0.717) is 11.3 Å². The lowest BCUT2D eigenvalue weighted by atomic mass is 10.2. The molecule has 0 spiro atoms. The van der Waals surface area contributed by atoms with Crippen molar-refractivity contribution in [2.24, 2.45) is 5.92 Å². The van der Waals surface area contributed by atoms with Crippen LogP contribution < -0.4 is 11.1 Å². The Morgan fingerprint density at radius 3 is 2.88 bits per heavy atom. The van der Waals surface area contributed by atoms with E-state index in [9.17, 15) is 4.79 Å². The first-order valence-corrected chi connectivity index (χ1v) is 6.29. The van der Waals surface area contributed by atoms with E-state index in [0.717, 1.165) is 23.4 Å². The summed E-state index contributed by atoms with van der Waals surface area (Å²) in [5, 5.41) is 2.92. The van der Waals surface area contributed by atoms with Crippen molar-refractivity contribution in [1.29, 1.82) is 0 Å². The highest BCUT2D eigenvalue weighted by Gasteiger charge is 2.20. The molecule has 1 aromatic rings. The normalized spacial score (nSPS) is 14.8. The number of nitrogens with two attached hydrogens (primary N) is 1. The molecular weight excluding hydrogens is 268 g/mol. The topological polar surface area (TPSA) is 55.1 Å². The van der Waals surface area contributed by atoms with Gasteiger partial charge in [-0.05, 0) is 46.5 Å². The number of anilines is 1. The second-order valence-electron chi connectivity index (χ2n) is 4.22. The Morgan fingerprint density at radius 2 is 2.25 bits per heavy atom. The van der Waals surface area contributed by atoms with Gasteiger partial charge in [-0.1, -0.05) is 12.8 Å². The van der Waals surface area contributed by atoms with Gasteiger partial charge in [0.2, 0.25) is 0 Å². The summed E-state index contributed by atoms with van der Waals surface area (Å²) in [5.41, 5.74) is 6.96. The highest BCUT2D eigenvalue weighted by Crippen LogP contribution is 2.31. The van der Waals surface area contributed by atoms with Crippen molar-refractivity contribution in [3.63, 3.8) is 0 Å². The zero-order chi connectivity index (χ0) is 11.5. The van der Waals surface area contributed by atoms with Crippen molar-refractivity contribution < 1.29 is 4.79 Å². The van der Waals surface area contributed by atoms with Gasteiger partial charge in [-0.2, -0.15) is 0 Å². The molecule has 1 aliphatic carbocycles. The SMILES string of the molecule is Nc1ccc(C(=O)NCCC2CC2)cc1Br. The molecule has 1 amide bonds. The van der Waals surface area contributed by atoms with E-state index in [1.165, 1.54) is 12.8 Å². The van der Waals surface area contributed by atoms with Crippen LogP contribution in [0.5, 0.6) is 0 Å². The molecule has 0 atom stereocenters. The van der Waals surface area contributed by atoms with E-state index in [2.05, 4.69) is 21.2 Å². The van der Waals surface area contributed by atoms with Gasteiger partial charge in [0.1, 0.15) is 0 Å². The Bertz CT molecular complexity index is 402. The summed E-state index contributed by atoms with van der Waals surface area (Å²) in [6.45, 7) is 0.769. The van der Waals surface area contributed by atoms with Gasteiger partial charge in [-0.3, -0.25) is 4.79 Å². The van der Waals surface area contributed by atoms with Gasteiger partial charge in [-0.15, -0.1) is 0 Å². The molecule has 0 saturated heterocycles. The van der Waals surface area contributed by atoms with Gasteiger partial charge in [0.05, 0.1) is 0 Å².